The Bertz CT molecular complexity index is 1620. The third-order valence-corrected chi connectivity index (χ3v) is 8.15. The Hall–Kier alpha value is -5.10. The van der Waals surface area contributed by atoms with Crippen LogP contribution in [0.4, 0.5) is 0 Å². The smallest absolute Gasteiger partial charge is 0.255 e. The van der Waals surface area contributed by atoms with Crippen molar-refractivity contribution in [2.24, 2.45) is 5.92 Å². The predicted molar refractivity (Wildman–Crippen MR) is 189 cm³/mol. The summed E-state index contributed by atoms with van der Waals surface area (Å²) >= 11 is 5.93. The maximum Gasteiger partial charge on any atom is 0.255 e. The van der Waals surface area contributed by atoms with Crippen LogP contribution >= 0.6 is 11.6 Å². The molecule has 12 nitrogen and oxygen atoms in total. The number of hydrogen-bond donors (Lipinski definition) is 4. The van der Waals surface area contributed by atoms with E-state index in [1.807, 2.05) is 13.8 Å². The van der Waals surface area contributed by atoms with Crippen molar-refractivity contribution < 1.29 is 33.4 Å². The lowest BCUT2D eigenvalue weighted by Crippen LogP contribution is -2.49. The number of nitrogens with zero attached hydrogens (tertiary/aromatic N) is 1. The lowest BCUT2D eigenvalue weighted by atomic mass is 10.0. The molecule has 1 heterocycles. The standard InChI is InChI=1S/C37H44ClN5O7/c1-24(2)21-27-23-50-31-12-8-7-11-29(31)35(46)41-30(36(47)39-19-20-49-28-15-13-26(38)14-16-28)17-18-32(44)42-34(25-9-5-4-6-10-25)37(48)43(3)22-33(45)40-27/h4-16,24,27,30,34H,17-23H2,1-3H3,(H,39,47)(H,40,45)(H,41,46)(H,42,44)/t27-,30-,34-/m0/s1. The molecule has 1 aliphatic heterocycles. The van der Waals surface area contributed by atoms with Crippen LogP contribution in [0.5, 0.6) is 11.5 Å². The SMILES string of the molecule is CC(C)C[C@H]1COc2ccccc2C(=O)N[C@H](C(=O)NCCOc2ccc(Cl)cc2)CCC(=O)N[C@@H](c2ccccc2)C(=O)N(C)CC(=O)N1. The second-order valence-corrected chi connectivity index (χ2v) is 12.9. The van der Waals surface area contributed by atoms with E-state index in [4.69, 9.17) is 21.1 Å². The summed E-state index contributed by atoms with van der Waals surface area (Å²) in [7, 11) is 1.50. The summed E-state index contributed by atoms with van der Waals surface area (Å²) in [5.41, 5.74) is 0.713. The maximum atomic E-state index is 13.7. The van der Waals surface area contributed by atoms with E-state index in [0.717, 1.165) is 0 Å². The summed E-state index contributed by atoms with van der Waals surface area (Å²) in [4.78, 5) is 68.5. The van der Waals surface area contributed by atoms with Gasteiger partial charge in [0.1, 0.15) is 36.8 Å². The number of amides is 5. The highest BCUT2D eigenvalue weighted by atomic mass is 35.5. The van der Waals surface area contributed by atoms with E-state index in [-0.39, 0.29) is 56.4 Å². The molecule has 0 unspecified atom stereocenters. The van der Waals surface area contributed by atoms with Crippen LogP contribution in [-0.2, 0) is 19.2 Å². The van der Waals surface area contributed by atoms with Crippen molar-refractivity contribution in [3.05, 3.63) is 95.0 Å². The van der Waals surface area contributed by atoms with Crippen LogP contribution in [0, 0.1) is 5.92 Å². The lowest BCUT2D eigenvalue weighted by molar-refractivity contribution is -0.138. The Balaban J connectivity index is 1.58. The average molecular weight is 706 g/mol. The number of fused-ring (bicyclic) bond motifs is 1. The molecule has 0 aromatic heterocycles. The Labute approximate surface area is 297 Å². The monoisotopic (exact) mass is 705 g/mol. The summed E-state index contributed by atoms with van der Waals surface area (Å²) in [6, 6.07) is 19.4. The number of benzene rings is 3. The molecule has 0 aliphatic carbocycles. The minimum atomic E-state index is -1.11. The molecule has 13 heteroatoms. The van der Waals surface area contributed by atoms with Crippen molar-refractivity contribution in [2.45, 2.75) is 51.2 Å². The molecule has 266 valence electrons. The van der Waals surface area contributed by atoms with E-state index in [9.17, 15) is 24.0 Å². The van der Waals surface area contributed by atoms with Crippen LogP contribution in [0.25, 0.3) is 0 Å². The highest BCUT2D eigenvalue weighted by Gasteiger charge is 2.29. The zero-order valence-electron chi connectivity index (χ0n) is 28.4. The molecule has 0 saturated carbocycles. The van der Waals surface area contributed by atoms with Crippen molar-refractivity contribution in [1.82, 2.24) is 26.2 Å². The number of carbonyl (C=O) groups excluding carboxylic acids is 5. The first-order valence-electron chi connectivity index (χ1n) is 16.6. The van der Waals surface area contributed by atoms with E-state index < -0.39 is 47.7 Å². The number of rotatable bonds is 8. The van der Waals surface area contributed by atoms with Crippen LogP contribution < -0.4 is 30.7 Å². The number of nitrogens with one attached hydrogen (secondary N) is 4. The number of halogens is 1. The van der Waals surface area contributed by atoms with Gasteiger partial charge in [-0.3, -0.25) is 24.0 Å². The zero-order valence-corrected chi connectivity index (χ0v) is 29.2. The molecule has 50 heavy (non-hydrogen) atoms. The third-order valence-electron chi connectivity index (χ3n) is 7.90. The topological polar surface area (TPSA) is 155 Å². The minimum absolute atomic E-state index is 0.0616. The molecule has 3 atom stereocenters. The third kappa shape index (κ3) is 11.5. The van der Waals surface area contributed by atoms with Gasteiger partial charge in [-0.1, -0.05) is 67.9 Å². The van der Waals surface area contributed by atoms with Crippen molar-refractivity contribution in [2.75, 3.05) is 33.4 Å². The van der Waals surface area contributed by atoms with Crippen LogP contribution in [-0.4, -0.2) is 79.9 Å². The number of ether oxygens (including phenoxy) is 2. The molecule has 1 aliphatic rings. The molecule has 0 fully saturated rings. The average Bonchev–Trinajstić information content (AvgIpc) is 3.09. The van der Waals surface area contributed by atoms with Gasteiger partial charge < -0.3 is 35.6 Å². The number of hydrogen-bond acceptors (Lipinski definition) is 7. The van der Waals surface area contributed by atoms with Crippen molar-refractivity contribution in [3.8, 4) is 11.5 Å². The van der Waals surface area contributed by atoms with Gasteiger partial charge in [-0.2, -0.15) is 0 Å². The minimum Gasteiger partial charge on any atom is -0.492 e. The molecule has 0 bridgehead atoms. The Morgan fingerprint density at radius 2 is 1.64 bits per heavy atom. The van der Waals surface area contributed by atoms with Gasteiger partial charge in [0.05, 0.1) is 24.7 Å². The quantitative estimate of drug-likeness (QED) is 0.261. The number of para-hydroxylation sites is 1. The first-order valence-corrected chi connectivity index (χ1v) is 17.0. The van der Waals surface area contributed by atoms with E-state index in [1.54, 1.807) is 78.9 Å². The molecular formula is C37H44ClN5O7. The Morgan fingerprint density at radius 3 is 2.36 bits per heavy atom. The van der Waals surface area contributed by atoms with Crippen LogP contribution in [0.15, 0.2) is 78.9 Å². The van der Waals surface area contributed by atoms with Crippen molar-refractivity contribution in [3.63, 3.8) is 0 Å². The van der Waals surface area contributed by atoms with Gasteiger partial charge in [-0.25, -0.2) is 0 Å². The van der Waals surface area contributed by atoms with Crippen molar-refractivity contribution in [1.29, 1.82) is 0 Å². The highest BCUT2D eigenvalue weighted by Crippen LogP contribution is 2.21. The molecule has 5 amide bonds. The fourth-order valence-corrected chi connectivity index (χ4v) is 5.56. The van der Waals surface area contributed by atoms with Gasteiger partial charge in [0.2, 0.25) is 23.6 Å². The van der Waals surface area contributed by atoms with Gasteiger partial charge >= 0.3 is 0 Å². The molecule has 3 aromatic carbocycles. The zero-order chi connectivity index (χ0) is 36.0. The fourth-order valence-electron chi connectivity index (χ4n) is 5.44. The second-order valence-electron chi connectivity index (χ2n) is 12.5. The van der Waals surface area contributed by atoms with Crippen molar-refractivity contribution >= 4 is 41.1 Å². The normalized spacial score (nSPS) is 19.5. The van der Waals surface area contributed by atoms with E-state index in [0.29, 0.717) is 22.8 Å². The second kappa shape index (κ2) is 18.6. The maximum absolute atomic E-state index is 13.7. The lowest BCUT2D eigenvalue weighted by Gasteiger charge is -2.27. The molecule has 0 saturated heterocycles. The summed E-state index contributed by atoms with van der Waals surface area (Å²) in [6.45, 7) is 4.10. The van der Waals surface area contributed by atoms with Crippen LogP contribution in [0.2, 0.25) is 5.02 Å². The molecule has 0 radical (unpaired) electrons. The summed E-state index contributed by atoms with van der Waals surface area (Å²) in [5, 5.41) is 11.8. The summed E-state index contributed by atoms with van der Waals surface area (Å²) < 4.78 is 11.8. The molecule has 3 aromatic rings. The van der Waals surface area contributed by atoms with Crippen LogP contribution in [0.3, 0.4) is 0 Å². The highest BCUT2D eigenvalue weighted by molar-refractivity contribution is 6.30. The van der Waals surface area contributed by atoms with Gasteiger partial charge in [0, 0.05) is 18.5 Å². The fraction of sp³-hybridized carbons (Fsp3) is 0.378. The van der Waals surface area contributed by atoms with Crippen LogP contribution in [0.1, 0.15) is 55.1 Å². The number of carbonyl (C=O) groups is 5. The molecule has 4 rings (SSSR count). The van der Waals surface area contributed by atoms with E-state index in [1.165, 1.54) is 11.9 Å². The Morgan fingerprint density at radius 1 is 0.940 bits per heavy atom. The molecular weight excluding hydrogens is 662 g/mol. The summed E-state index contributed by atoms with van der Waals surface area (Å²) in [5.74, 6) is -1.47. The van der Waals surface area contributed by atoms with Gasteiger partial charge in [0.15, 0.2) is 0 Å². The van der Waals surface area contributed by atoms with E-state index >= 15 is 0 Å². The number of likely N-dealkylation sites (N-methyl/N-ethyl adjacent to an activating group) is 1. The van der Waals surface area contributed by atoms with Gasteiger partial charge in [-0.05, 0) is 60.7 Å². The molecule has 4 N–H and O–H groups in total. The summed E-state index contributed by atoms with van der Waals surface area (Å²) in [6.07, 6.45) is 0.300. The Kier molecular flexibility index (Phi) is 14.0. The largest absolute Gasteiger partial charge is 0.492 e. The first-order chi connectivity index (χ1) is 24.0. The van der Waals surface area contributed by atoms with Gasteiger partial charge in [0.25, 0.3) is 5.91 Å². The predicted octanol–water partition coefficient (Wildman–Crippen LogP) is 3.65. The first kappa shape index (κ1) is 37.7. The van der Waals surface area contributed by atoms with Gasteiger partial charge in [-0.15, -0.1) is 0 Å². The molecule has 0 spiro atoms. The van der Waals surface area contributed by atoms with E-state index in [2.05, 4.69) is 21.3 Å².